The van der Waals surface area contributed by atoms with E-state index in [1.54, 1.807) is 11.1 Å². The zero-order chi connectivity index (χ0) is 16.5. The number of carbonyl (C=O) groups excluding carboxylic acids is 1. The Kier molecular flexibility index (Phi) is 3.40. The molecule has 0 aromatic rings. The molecule has 0 saturated heterocycles. The molecule has 1 N–H and O–H groups in total. The highest BCUT2D eigenvalue weighted by Crippen LogP contribution is 2.63. The van der Waals surface area contributed by atoms with Gasteiger partial charge >= 0.3 is 0 Å². The van der Waals surface area contributed by atoms with Crippen LogP contribution in [0.3, 0.4) is 0 Å². The molecule has 2 saturated carbocycles. The highest BCUT2D eigenvalue weighted by atomic mass is 16.3. The Morgan fingerprint density at radius 2 is 1.96 bits per heavy atom. The van der Waals surface area contributed by atoms with E-state index >= 15 is 0 Å². The standard InChI is InChI=1S/C22H30O2/c1-22-11-10-17-16-7-5-15(23)12-14(16)4-6-18(17)19(22)8-9-20(22)21(24)13-2-3-13/h10,13,18-21,24H,2-9,11-12H2,1H3/t18-,19+,20-,21?,22+/m1/s1. The van der Waals surface area contributed by atoms with E-state index in [2.05, 4.69) is 13.0 Å². The van der Waals surface area contributed by atoms with Crippen LogP contribution in [0.5, 0.6) is 0 Å². The number of allylic oxidation sites excluding steroid dienone is 4. The predicted octanol–water partition coefficient (Wildman–Crippen LogP) is 4.58. The number of hydrogen-bond donors (Lipinski definition) is 1. The van der Waals surface area contributed by atoms with Crippen LogP contribution in [0.4, 0.5) is 0 Å². The minimum absolute atomic E-state index is 0.0550. The Labute approximate surface area is 145 Å². The average molecular weight is 326 g/mol. The summed E-state index contributed by atoms with van der Waals surface area (Å²) in [5, 5.41) is 10.8. The molecule has 5 atom stereocenters. The minimum Gasteiger partial charge on any atom is -0.393 e. The van der Waals surface area contributed by atoms with Gasteiger partial charge in [0.2, 0.25) is 0 Å². The van der Waals surface area contributed by atoms with Crippen molar-refractivity contribution in [1.29, 1.82) is 0 Å². The fourth-order valence-electron chi connectivity index (χ4n) is 6.78. The van der Waals surface area contributed by atoms with E-state index in [-0.39, 0.29) is 6.10 Å². The third-order valence-electron chi connectivity index (χ3n) is 8.24. The Bertz CT molecular complexity index is 638. The van der Waals surface area contributed by atoms with Gasteiger partial charge < -0.3 is 5.11 Å². The summed E-state index contributed by atoms with van der Waals surface area (Å²) in [7, 11) is 0. The Morgan fingerprint density at radius 1 is 1.12 bits per heavy atom. The molecular weight excluding hydrogens is 296 g/mol. The van der Waals surface area contributed by atoms with Gasteiger partial charge in [0.05, 0.1) is 6.10 Å². The number of aliphatic hydroxyl groups is 1. The Hall–Kier alpha value is -0.890. The zero-order valence-electron chi connectivity index (χ0n) is 14.9. The predicted molar refractivity (Wildman–Crippen MR) is 94.4 cm³/mol. The first-order valence-corrected chi connectivity index (χ1v) is 10.2. The smallest absolute Gasteiger partial charge is 0.137 e. The lowest BCUT2D eigenvalue weighted by molar-refractivity contribution is -0.118. The minimum atomic E-state index is -0.0550. The van der Waals surface area contributed by atoms with Crippen LogP contribution in [0.2, 0.25) is 0 Å². The van der Waals surface area contributed by atoms with Crippen molar-refractivity contribution in [1.82, 2.24) is 0 Å². The second-order valence-electron chi connectivity index (χ2n) is 9.43. The summed E-state index contributed by atoms with van der Waals surface area (Å²) < 4.78 is 0. The number of aliphatic hydroxyl groups excluding tert-OH is 1. The summed E-state index contributed by atoms with van der Waals surface area (Å²) in [5.41, 5.74) is 4.95. The zero-order valence-corrected chi connectivity index (χ0v) is 14.9. The van der Waals surface area contributed by atoms with Gasteiger partial charge in [-0.1, -0.05) is 18.6 Å². The lowest BCUT2D eigenvalue weighted by Gasteiger charge is -2.48. The average Bonchev–Trinajstić information content (AvgIpc) is 3.35. The monoisotopic (exact) mass is 326 g/mol. The molecule has 1 unspecified atom stereocenters. The van der Waals surface area contributed by atoms with Gasteiger partial charge in [0.15, 0.2) is 0 Å². The maximum atomic E-state index is 11.8. The van der Waals surface area contributed by atoms with Crippen molar-refractivity contribution in [3.8, 4) is 0 Å². The molecule has 0 spiro atoms. The summed E-state index contributed by atoms with van der Waals surface area (Å²) in [5.74, 6) is 3.01. The van der Waals surface area contributed by atoms with Crippen LogP contribution in [0, 0.1) is 29.1 Å². The molecule has 0 radical (unpaired) electrons. The molecular formula is C22H30O2. The van der Waals surface area contributed by atoms with Crippen molar-refractivity contribution < 1.29 is 9.90 Å². The molecule has 24 heavy (non-hydrogen) atoms. The molecule has 130 valence electrons. The summed E-state index contributed by atoms with van der Waals surface area (Å²) in [4.78, 5) is 11.8. The summed E-state index contributed by atoms with van der Waals surface area (Å²) >= 11 is 0. The number of fused-ring (bicyclic) bond motifs is 4. The lowest BCUT2D eigenvalue weighted by Crippen LogP contribution is -2.42. The van der Waals surface area contributed by atoms with Gasteiger partial charge in [-0.05, 0) is 91.6 Å². The number of hydrogen-bond acceptors (Lipinski definition) is 2. The second-order valence-corrected chi connectivity index (χ2v) is 9.43. The molecule has 0 aliphatic heterocycles. The van der Waals surface area contributed by atoms with E-state index in [4.69, 9.17) is 0 Å². The molecule has 2 fully saturated rings. The normalized spacial score (nSPS) is 43.0. The number of Topliss-reactive ketones (excluding diaryl/α,β-unsaturated/α-hetero) is 1. The number of ketones is 1. The molecule has 0 aromatic heterocycles. The highest BCUT2D eigenvalue weighted by molar-refractivity contribution is 5.83. The molecule has 0 aromatic carbocycles. The van der Waals surface area contributed by atoms with Crippen molar-refractivity contribution >= 4 is 5.78 Å². The first-order chi connectivity index (χ1) is 11.6. The second kappa shape index (κ2) is 5.30. The lowest BCUT2D eigenvalue weighted by atomic mass is 9.56. The third-order valence-corrected chi connectivity index (χ3v) is 8.24. The molecule has 2 nitrogen and oxygen atoms in total. The van der Waals surface area contributed by atoms with E-state index < -0.39 is 0 Å². The van der Waals surface area contributed by atoms with Gasteiger partial charge in [-0.25, -0.2) is 0 Å². The number of rotatable bonds is 2. The molecule has 5 rings (SSSR count). The van der Waals surface area contributed by atoms with Crippen LogP contribution in [-0.2, 0) is 4.79 Å². The summed E-state index contributed by atoms with van der Waals surface area (Å²) in [6, 6.07) is 0. The molecule has 2 heteroatoms. The van der Waals surface area contributed by atoms with Crippen molar-refractivity contribution in [2.75, 3.05) is 0 Å². The molecule has 5 aliphatic rings. The van der Waals surface area contributed by atoms with Gasteiger partial charge in [-0.3, -0.25) is 4.79 Å². The molecule has 0 amide bonds. The SMILES string of the molecule is C[C@]12CC=C3C4=C(CC[C@H]3[C@@H]1CC[C@@H]2C(O)C1CC1)CC(=O)CC4. The van der Waals surface area contributed by atoms with Crippen molar-refractivity contribution in [3.63, 3.8) is 0 Å². The molecule has 0 bridgehead atoms. The van der Waals surface area contributed by atoms with Crippen molar-refractivity contribution in [2.45, 2.75) is 77.2 Å². The van der Waals surface area contributed by atoms with Gasteiger partial charge in [-0.2, -0.15) is 0 Å². The number of carbonyl (C=O) groups is 1. The first-order valence-electron chi connectivity index (χ1n) is 10.2. The quantitative estimate of drug-likeness (QED) is 0.806. The largest absolute Gasteiger partial charge is 0.393 e. The van der Waals surface area contributed by atoms with E-state index in [9.17, 15) is 9.90 Å². The van der Waals surface area contributed by atoms with Crippen LogP contribution < -0.4 is 0 Å². The maximum absolute atomic E-state index is 11.8. The van der Waals surface area contributed by atoms with E-state index in [1.165, 1.54) is 37.7 Å². The summed E-state index contributed by atoms with van der Waals surface area (Å²) in [6.45, 7) is 2.47. The van der Waals surface area contributed by atoms with E-state index in [0.29, 0.717) is 29.0 Å². The highest BCUT2D eigenvalue weighted by Gasteiger charge is 2.56. The van der Waals surface area contributed by atoms with Crippen LogP contribution in [0.15, 0.2) is 22.8 Å². The van der Waals surface area contributed by atoms with Crippen LogP contribution in [0.1, 0.15) is 71.1 Å². The third kappa shape index (κ3) is 2.14. The van der Waals surface area contributed by atoms with Gasteiger partial charge in [0.25, 0.3) is 0 Å². The van der Waals surface area contributed by atoms with Crippen LogP contribution in [0.25, 0.3) is 0 Å². The first kappa shape index (κ1) is 15.4. The van der Waals surface area contributed by atoms with Crippen LogP contribution in [-0.4, -0.2) is 17.0 Å². The fraction of sp³-hybridized carbons (Fsp3) is 0.773. The Morgan fingerprint density at radius 3 is 2.75 bits per heavy atom. The van der Waals surface area contributed by atoms with Crippen molar-refractivity contribution in [3.05, 3.63) is 22.8 Å². The topological polar surface area (TPSA) is 37.3 Å². The fourth-order valence-corrected chi connectivity index (χ4v) is 6.78. The molecule has 5 aliphatic carbocycles. The van der Waals surface area contributed by atoms with E-state index in [0.717, 1.165) is 38.0 Å². The van der Waals surface area contributed by atoms with E-state index in [1.807, 2.05) is 0 Å². The van der Waals surface area contributed by atoms with Gasteiger partial charge in [-0.15, -0.1) is 0 Å². The van der Waals surface area contributed by atoms with Crippen molar-refractivity contribution in [2.24, 2.45) is 29.1 Å². The maximum Gasteiger partial charge on any atom is 0.137 e. The van der Waals surface area contributed by atoms with Gasteiger partial charge in [0, 0.05) is 12.8 Å². The van der Waals surface area contributed by atoms with Gasteiger partial charge in [0.1, 0.15) is 5.78 Å². The summed E-state index contributed by atoms with van der Waals surface area (Å²) in [6.07, 6.45) is 13.5. The van der Waals surface area contributed by atoms with Crippen LogP contribution >= 0.6 is 0 Å². The Balaban J connectivity index is 1.47. The molecule has 0 heterocycles.